The van der Waals surface area contributed by atoms with Gasteiger partial charge in [0.25, 0.3) is 0 Å². The van der Waals surface area contributed by atoms with Gasteiger partial charge in [-0.05, 0) is 37.1 Å². The van der Waals surface area contributed by atoms with Crippen molar-refractivity contribution < 1.29 is 4.79 Å². The third-order valence-electron chi connectivity index (χ3n) is 3.81. The standard InChI is InChI=1S/C17H17NO/c1-11-7-8-12(2)14(9-11)17(19)15-10-18-16-6-4-3-5-13(15)16/h3-9,15,18H,10H2,1-2H3. The monoisotopic (exact) mass is 251 g/mol. The molecule has 0 radical (unpaired) electrons. The SMILES string of the molecule is Cc1ccc(C)c(C(=O)C2CNc3ccccc32)c1. The van der Waals surface area contributed by atoms with E-state index in [2.05, 4.69) is 5.32 Å². The first-order valence-corrected chi connectivity index (χ1v) is 6.61. The van der Waals surface area contributed by atoms with Gasteiger partial charge in [-0.15, -0.1) is 0 Å². The first-order valence-electron chi connectivity index (χ1n) is 6.61. The zero-order valence-corrected chi connectivity index (χ0v) is 11.2. The second-order valence-electron chi connectivity index (χ2n) is 5.20. The molecule has 1 atom stereocenters. The molecule has 1 heterocycles. The minimum absolute atomic E-state index is 0.0586. The van der Waals surface area contributed by atoms with Gasteiger partial charge in [-0.3, -0.25) is 4.79 Å². The van der Waals surface area contributed by atoms with Crippen molar-refractivity contribution in [1.82, 2.24) is 0 Å². The van der Waals surface area contributed by atoms with Crippen molar-refractivity contribution in [2.45, 2.75) is 19.8 Å². The summed E-state index contributed by atoms with van der Waals surface area (Å²) >= 11 is 0. The smallest absolute Gasteiger partial charge is 0.172 e. The number of anilines is 1. The quantitative estimate of drug-likeness (QED) is 0.825. The fourth-order valence-corrected chi connectivity index (χ4v) is 2.71. The molecule has 19 heavy (non-hydrogen) atoms. The van der Waals surface area contributed by atoms with Crippen molar-refractivity contribution >= 4 is 11.5 Å². The number of carbonyl (C=O) groups excluding carboxylic acids is 1. The Balaban J connectivity index is 2.00. The number of rotatable bonds is 2. The van der Waals surface area contributed by atoms with Crippen LogP contribution in [-0.2, 0) is 0 Å². The number of fused-ring (bicyclic) bond motifs is 1. The van der Waals surface area contributed by atoms with E-state index in [9.17, 15) is 4.79 Å². The molecule has 0 saturated carbocycles. The van der Waals surface area contributed by atoms with E-state index in [1.54, 1.807) is 0 Å². The third-order valence-corrected chi connectivity index (χ3v) is 3.81. The van der Waals surface area contributed by atoms with Crippen molar-refractivity contribution in [1.29, 1.82) is 0 Å². The van der Waals surface area contributed by atoms with Gasteiger partial charge in [0.05, 0.1) is 5.92 Å². The fourth-order valence-electron chi connectivity index (χ4n) is 2.71. The molecule has 1 unspecified atom stereocenters. The molecule has 0 saturated heterocycles. The van der Waals surface area contributed by atoms with Crippen LogP contribution in [0.15, 0.2) is 42.5 Å². The summed E-state index contributed by atoms with van der Waals surface area (Å²) in [7, 11) is 0. The predicted molar refractivity (Wildman–Crippen MR) is 77.9 cm³/mol. The summed E-state index contributed by atoms with van der Waals surface area (Å²) in [5.41, 5.74) is 5.25. The molecule has 0 amide bonds. The Labute approximate surface area is 113 Å². The normalized spacial score (nSPS) is 16.8. The lowest BCUT2D eigenvalue weighted by molar-refractivity contribution is 0.0966. The number of nitrogens with one attached hydrogen (secondary N) is 1. The van der Waals surface area contributed by atoms with Gasteiger partial charge in [0, 0.05) is 17.8 Å². The summed E-state index contributed by atoms with van der Waals surface area (Å²) < 4.78 is 0. The molecule has 0 aliphatic carbocycles. The number of ketones is 1. The zero-order chi connectivity index (χ0) is 13.4. The molecule has 2 nitrogen and oxygen atoms in total. The Kier molecular flexibility index (Phi) is 2.86. The topological polar surface area (TPSA) is 29.1 Å². The molecule has 1 aliphatic rings. The van der Waals surface area contributed by atoms with Crippen molar-refractivity contribution in [3.05, 3.63) is 64.7 Å². The highest BCUT2D eigenvalue weighted by Crippen LogP contribution is 2.34. The highest BCUT2D eigenvalue weighted by atomic mass is 16.1. The van der Waals surface area contributed by atoms with Crippen molar-refractivity contribution in [3.8, 4) is 0 Å². The number of hydrogen-bond acceptors (Lipinski definition) is 2. The van der Waals surface area contributed by atoms with E-state index >= 15 is 0 Å². The van der Waals surface area contributed by atoms with Crippen molar-refractivity contribution in [2.75, 3.05) is 11.9 Å². The van der Waals surface area contributed by atoms with Gasteiger partial charge in [-0.2, -0.15) is 0 Å². The largest absolute Gasteiger partial charge is 0.384 e. The Hall–Kier alpha value is -2.09. The number of Topliss-reactive ketones (excluding diaryl/α,β-unsaturated/α-hetero) is 1. The number of hydrogen-bond donors (Lipinski definition) is 1. The maximum absolute atomic E-state index is 12.7. The summed E-state index contributed by atoms with van der Waals surface area (Å²) in [4.78, 5) is 12.7. The van der Waals surface area contributed by atoms with E-state index in [1.807, 2.05) is 56.3 Å². The molecule has 1 aliphatic heterocycles. The molecule has 0 spiro atoms. The van der Waals surface area contributed by atoms with Gasteiger partial charge in [0.15, 0.2) is 5.78 Å². The van der Waals surface area contributed by atoms with E-state index in [0.29, 0.717) is 6.54 Å². The summed E-state index contributed by atoms with van der Waals surface area (Å²) in [6, 6.07) is 14.1. The molecular formula is C17H17NO. The van der Waals surface area contributed by atoms with E-state index in [1.165, 1.54) is 0 Å². The lowest BCUT2D eigenvalue weighted by Crippen LogP contribution is -2.16. The predicted octanol–water partition coefficient (Wildman–Crippen LogP) is 3.70. The highest BCUT2D eigenvalue weighted by Gasteiger charge is 2.29. The van der Waals surface area contributed by atoms with Gasteiger partial charge in [0.2, 0.25) is 0 Å². The second kappa shape index (κ2) is 4.54. The lowest BCUT2D eigenvalue weighted by Gasteiger charge is -2.12. The molecule has 1 N–H and O–H groups in total. The average Bonchev–Trinajstić information content (AvgIpc) is 2.84. The molecule has 2 aromatic rings. The Morgan fingerprint density at radius 1 is 1.16 bits per heavy atom. The van der Waals surface area contributed by atoms with Crippen LogP contribution < -0.4 is 5.32 Å². The molecule has 3 rings (SSSR count). The number of benzene rings is 2. The van der Waals surface area contributed by atoms with Crippen LogP contribution in [0.1, 0.15) is 33.0 Å². The van der Waals surface area contributed by atoms with Gasteiger partial charge >= 0.3 is 0 Å². The Morgan fingerprint density at radius 3 is 2.79 bits per heavy atom. The van der Waals surface area contributed by atoms with Crippen LogP contribution >= 0.6 is 0 Å². The van der Waals surface area contributed by atoms with Crippen molar-refractivity contribution in [3.63, 3.8) is 0 Å². The van der Waals surface area contributed by atoms with Gasteiger partial charge in [-0.25, -0.2) is 0 Å². The first kappa shape index (κ1) is 12.0. The Morgan fingerprint density at radius 2 is 1.95 bits per heavy atom. The van der Waals surface area contributed by atoms with Crippen LogP contribution in [0.3, 0.4) is 0 Å². The van der Waals surface area contributed by atoms with Gasteiger partial charge < -0.3 is 5.32 Å². The van der Waals surface area contributed by atoms with Gasteiger partial charge in [0.1, 0.15) is 0 Å². The summed E-state index contributed by atoms with van der Waals surface area (Å²) in [5, 5.41) is 3.31. The van der Waals surface area contributed by atoms with Crippen LogP contribution in [0.4, 0.5) is 5.69 Å². The van der Waals surface area contributed by atoms with Crippen LogP contribution in [-0.4, -0.2) is 12.3 Å². The van der Waals surface area contributed by atoms with Crippen LogP contribution in [0, 0.1) is 13.8 Å². The maximum atomic E-state index is 12.7. The minimum atomic E-state index is -0.0586. The van der Waals surface area contributed by atoms with E-state index in [0.717, 1.165) is 27.9 Å². The second-order valence-corrected chi connectivity index (χ2v) is 5.20. The summed E-state index contributed by atoms with van der Waals surface area (Å²) in [5.74, 6) is 0.162. The Bertz CT molecular complexity index is 645. The molecule has 0 fully saturated rings. The van der Waals surface area contributed by atoms with E-state index < -0.39 is 0 Å². The molecular weight excluding hydrogens is 234 g/mol. The number of carbonyl (C=O) groups is 1. The minimum Gasteiger partial charge on any atom is -0.384 e. The van der Waals surface area contributed by atoms with Crippen LogP contribution in [0.25, 0.3) is 0 Å². The summed E-state index contributed by atoms with van der Waals surface area (Å²) in [6.07, 6.45) is 0. The van der Waals surface area contributed by atoms with Crippen LogP contribution in [0.5, 0.6) is 0 Å². The fraction of sp³-hybridized carbons (Fsp3) is 0.235. The van der Waals surface area contributed by atoms with Crippen molar-refractivity contribution in [2.24, 2.45) is 0 Å². The summed E-state index contributed by atoms with van der Waals surface area (Å²) in [6.45, 7) is 4.73. The number of para-hydroxylation sites is 1. The third kappa shape index (κ3) is 2.03. The number of aryl methyl sites for hydroxylation is 2. The van der Waals surface area contributed by atoms with Crippen LogP contribution in [0.2, 0.25) is 0 Å². The molecule has 2 heteroatoms. The highest BCUT2D eigenvalue weighted by molar-refractivity contribution is 6.04. The molecule has 2 aromatic carbocycles. The maximum Gasteiger partial charge on any atom is 0.172 e. The molecule has 0 bridgehead atoms. The van der Waals surface area contributed by atoms with E-state index in [-0.39, 0.29) is 11.7 Å². The average molecular weight is 251 g/mol. The molecule has 0 aromatic heterocycles. The lowest BCUT2D eigenvalue weighted by atomic mass is 9.89. The zero-order valence-electron chi connectivity index (χ0n) is 11.2. The first-order chi connectivity index (χ1) is 9.16. The van der Waals surface area contributed by atoms with Gasteiger partial charge in [-0.1, -0.05) is 35.9 Å². The molecule has 96 valence electrons. The van der Waals surface area contributed by atoms with E-state index in [4.69, 9.17) is 0 Å².